The van der Waals surface area contributed by atoms with Gasteiger partial charge < -0.3 is 20.1 Å². The van der Waals surface area contributed by atoms with E-state index in [2.05, 4.69) is 15.4 Å². The van der Waals surface area contributed by atoms with Crippen molar-refractivity contribution >= 4 is 23.2 Å². The predicted molar refractivity (Wildman–Crippen MR) is 133 cm³/mol. The third-order valence-electron chi connectivity index (χ3n) is 5.95. The number of amides is 2. The molecular formula is C27H26F3N3O4. The van der Waals surface area contributed by atoms with Crippen molar-refractivity contribution in [3.63, 3.8) is 0 Å². The monoisotopic (exact) mass is 513 g/mol. The first kappa shape index (κ1) is 26.2. The van der Waals surface area contributed by atoms with Gasteiger partial charge in [-0.05, 0) is 48.4 Å². The second-order valence-electron chi connectivity index (χ2n) is 8.47. The van der Waals surface area contributed by atoms with Crippen LogP contribution in [0.15, 0.2) is 72.8 Å². The molecule has 3 aromatic carbocycles. The molecule has 0 saturated carbocycles. The van der Waals surface area contributed by atoms with E-state index in [0.29, 0.717) is 31.9 Å². The maximum atomic E-state index is 13.0. The molecule has 1 unspecified atom stereocenters. The topological polar surface area (TPSA) is 79.9 Å². The quantitative estimate of drug-likeness (QED) is 0.456. The summed E-state index contributed by atoms with van der Waals surface area (Å²) in [5, 5.41) is 5.17. The third-order valence-corrected chi connectivity index (χ3v) is 5.95. The molecule has 1 fully saturated rings. The normalized spacial score (nSPS) is 15.0. The lowest BCUT2D eigenvalue weighted by Gasteiger charge is -2.31. The Bertz CT molecular complexity index is 1230. The summed E-state index contributed by atoms with van der Waals surface area (Å²) in [6.45, 7) is 3.65. The Morgan fingerprint density at radius 2 is 1.57 bits per heavy atom. The molecular weight excluding hydrogens is 487 g/mol. The number of rotatable bonds is 7. The third kappa shape index (κ3) is 7.08. The van der Waals surface area contributed by atoms with Crippen LogP contribution in [0.25, 0.3) is 11.1 Å². The highest BCUT2D eigenvalue weighted by Crippen LogP contribution is 2.33. The Morgan fingerprint density at radius 1 is 0.919 bits per heavy atom. The minimum atomic E-state index is -4.96. The molecule has 4 rings (SSSR count). The second kappa shape index (κ2) is 11.4. The number of hydrogen-bond donors (Lipinski definition) is 2. The molecule has 1 aliphatic rings. The number of anilines is 2. The molecule has 2 N–H and O–H groups in total. The summed E-state index contributed by atoms with van der Waals surface area (Å²) < 4.78 is 48.3. The van der Waals surface area contributed by atoms with Crippen molar-refractivity contribution in [3.05, 3.63) is 78.4 Å². The molecule has 0 aliphatic carbocycles. The summed E-state index contributed by atoms with van der Waals surface area (Å²) >= 11 is 0. The zero-order chi connectivity index (χ0) is 26.4. The summed E-state index contributed by atoms with van der Waals surface area (Å²) in [6.07, 6.45) is -4.96. The first-order chi connectivity index (χ1) is 17.7. The van der Waals surface area contributed by atoms with Crippen molar-refractivity contribution in [1.29, 1.82) is 0 Å². The van der Waals surface area contributed by atoms with E-state index < -0.39 is 30.0 Å². The number of nitrogens with zero attached hydrogens (tertiary/aromatic N) is 1. The van der Waals surface area contributed by atoms with Crippen molar-refractivity contribution in [1.82, 2.24) is 4.90 Å². The van der Waals surface area contributed by atoms with Gasteiger partial charge in [-0.25, -0.2) is 0 Å². The number of carbonyl (C=O) groups excluding carboxylic acids is 2. The van der Waals surface area contributed by atoms with Crippen LogP contribution < -0.4 is 15.4 Å². The number of hydrogen-bond acceptors (Lipinski definition) is 5. The summed E-state index contributed by atoms with van der Waals surface area (Å²) in [5.41, 5.74) is 2.29. The Balaban J connectivity index is 1.50. The van der Waals surface area contributed by atoms with E-state index in [-0.39, 0.29) is 11.4 Å². The van der Waals surface area contributed by atoms with Crippen LogP contribution in [-0.2, 0) is 9.53 Å². The number of benzene rings is 3. The molecule has 3 aromatic rings. The SMILES string of the molecule is CC(C(=O)Nc1cc(NC(=O)c2ccc(-c3ccccc3)cc2)ccc1OC(F)(F)F)N1CCOCC1. The van der Waals surface area contributed by atoms with Gasteiger partial charge in [-0.2, -0.15) is 0 Å². The molecule has 0 spiro atoms. The standard InChI is InChI=1S/C27H26F3N3O4/c1-18(33-13-15-36-16-14-33)25(34)32-23-17-22(11-12-24(23)37-27(28,29)30)31-26(35)21-9-7-20(8-10-21)19-5-3-2-4-6-19/h2-12,17-18H,13-16H2,1H3,(H,31,35)(H,32,34). The molecule has 37 heavy (non-hydrogen) atoms. The molecule has 2 amide bonds. The summed E-state index contributed by atoms with van der Waals surface area (Å²) in [7, 11) is 0. The molecule has 194 valence electrons. The van der Waals surface area contributed by atoms with Gasteiger partial charge in [-0.3, -0.25) is 14.5 Å². The number of morpholine rings is 1. The molecule has 1 heterocycles. The van der Waals surface area contributed by atoms with E-state index >= 15 is 0 Å². The van der Waals surface area contributed by atoms with Crippen LogP contribution in [0.5, 0.6) is 5.75 Å². The van der Waals surface area contributed by atoms with Gasteiger partial charge in [0.15, 0.2) is 5.75 Å². The van der Waals surface area contributed by atoms with E-state index in [0.717, 1.165) is 17.2 Å². The average Bonchev–Trinajstić information content (AvgIpc) is 2.90. The van der Waals surface area contributed by atoms with E-state index in [1.807, 2.05) is 47.4 Å². The molecule has 0 radical (unpaired) electrons. The minimum Gasteiger partial charge on any atom is -0.404 e. The minimum absolute atomic E-state index is 0.195. The zero-order valence-electron chi connectivity index (χ0n) is 20.0. The largest absolute Gasteiger partial charge is 0.573 e. The van der Waals surface area contributed by atoms with Crippen LogP contribution in [0.1, 0.15) is 17.3 Å². The Labute approximate surface area is 212 Å². The van der Waals surface area contributed by atoms with Gasteiger partial charge in [0.25, 0.3) is 5.91 Å². The molecule has 0 aromatic heterocycles. The summed E-state index contributed by atoms with van der Waals surface area (Å²) in [4.78, 5) is 27.5. The lowest BCUT2D eigenvalue weighted by atomic mass is 10.0. The lowest BCUT2D eigenvalue weighted by Crippen LogP contribution is -2.47. The van der Waals surface area contributed by atoms with Crippen molar-refractivity contribution in [2.24, 2.45) is 0 Å². The highest BCUT2D eigenvalue weighted by molar-refractivity contribution is 6.05. The molecule has 1 aliphatic heterocycles. The van der Waals surface area contributed by atoms with Gasteiger partial charge in [0.05, 0.1) is 24.9 Å². The zero-order valence-corrected chi connectivity index (χ0v) is 20.0. The Hall–Kier alpha value is -3.89. The van der Waals surface area contributed by atoms with Crippen molar-refractivity contribution in [3.8, 4) is 16.9 Å². The molecule has 1 saturated heterocycles. The smallest absolute Gasteiger partial charge is 0.404 e. The summed E-state index contributed by atoms with van der Waals surface area (Å²) in [5.74, 6) is -1.54. The van der Waals surface area contributed by atoms with Crippen molar-refractivity contribution < 1.29 is 32.2 Å². The molecule has 7 nitrogen and oxygen atoms in total. The van der Waals surface area contributed by atoms with Crippen LogP contribution >= 0.6 is 0 Å². The van der Waals surface area contributed by atoms with E-state index in [4.69, 9.17) is 4.74 Å². The fourth-order valence-corrected chi connectivity index (χ4v) is 3.93. The van der Waals surface area contributed by atoms with Crippen LogP contribution in [0, 0.1) is 0 Å². The van der Waals surface area contributed by atoms with E-state index in [1.54, 1.807) is 19.1 Å². The predicted octanol–water partition coefficient (Wildman–Crippen LogP) is 5.16. The maximum Gasteiger partial charge on any atom is 0.573 e. The molecule has 1 atom stereocenters. The summed E-state index contributed by atoms with van der Waals surface area (Å²) in [6, 6.07) is 19.5. The molecule has 0 bridgehead atoms. The fourth-order valence-electron chi connectivity index (χ4n) is 3.93. The average molecular weight is 514 g/mol. The Morgan fingerprint density at radius 3 is 2.22 bits per heavy atom. The lowest BCUT2D eigenvalue weighted by molar-refractivity contribution is -0.274. The van der Waals surface area contributed by atoms with Crippen LogP contribution in [0.2, 0.25) is 0 Å². The fraction of sp³-hybridized carbons (Fsp3) is 0.259. The number of nitrogens with one attached hydrogen (secondary N) is 2. The van der Waals surface area contributed by atoms with Crippen molar-refractivity contribution in [2.75, 3.05) is 36.9 Å². The first-order valence-corrected chi connectivity index (χ1v) is 11.7. The van der Waals surface area contributed by atoms with Crippen molar-refractivity contribution in [2.45, 2.75) is 19.3 Å². The van der Waals surface area contributed by atoms with Crippen LogP contribution in [-0.4, -0.2) is 55.4 Å². The Kier molecular flexibility index (Phi) is 8.10. The maximum absolute atomic E-state index is 13.0. The highest BCUT2D eigenvalue weighted by Gasteiger charge is 2.33. The number of halogens is 3. The first-order valence-electron chi connectivity index (χ1n) is 11.7. The van der Waals surface area contributed by atoms with E-state index in [1.165, 1.54) is 12.1 Å². The number of alkyl halides is 3. The van der Waals surface area contributed by atoms with Gasteiger partial charge in [-0.15, -0.1) is 13.2 Å². The van der Waals surface area contributed by atoms with Gasteiger partial charge in [0, 0.05) is 24.3 Å². The number of carbonyl (C=O) groups is 2. The van der Waals surface area contributed by atoms with E-state index in [9.17, 15) is 22.8 Å². The highest BCUT2D eigenvalue weighted by atomic mass is 19.4. The second-order valence-corrected chi connectivity index (χ2v) is 8.47. The van der Waals surface area contributed by atoms with Crippen LogP contribution in [0.4, 0.5) is 24.5 Å². The van der Waals surface area contributed by atoms with Crippen LogP contribution in [0.3, 0.4) is 0 Å². The van der Waals surface area contributed by atoms with Gasteiger partial charge in [-0.1, -0.05) is 42.5 Å². The number of ether oxygens (including phenoxy) is 2. The molecule has 10 heteroatoms. The van der Waals surface area contributed by atoms with Gasteiger partial charge in [0.2, 0.25) is 5.91 Å². The van der Waals surface area contributed by atoms with Gasteiger partial charge in [0.1, 0.15) is 0 Å². The van der Waals surface area contributed by atoms with Gasteiger partial charge >= 0.3 is 6.36 Å².